The van der Waals surface area contributed by atoms with E-state index in [1.54, 1.807) is 49.6 Å². The molecule has 9 heteroatoms. The number of aromatic nitrogens is 4. The van der Waals surface area contributed by atoms with Crippen LogP contribution in [0.4, 0.5) is 10.2 Å². The standard InChI is InChI=1S/C28H20FN5O3/c1-16-19-8-5-6-11-22(19)32-26(34-27(35)20-9-3-4-10-21(20)28(34)36)25(16)37-17(2)24-23(14-18(29)15-30-24)33-13-7-12-31-33/h3-15,17H,1-2H3/t17-/m0/s1. The van der Waals surface area contributed by atoms with Gasteiger partial charge in [-0.2, -0.15) is 5.10 Å². The van der Waals surface area contributed by atoms with Crippen LogP contribution >= 0.6 is 0 Å². The Kier molecular flexibility index (Phi) is 5.26. The Labute approximate surface area is 211 Å². The van der Waals surface area contributed by atoms with Gasteiger partial charge in [-0.25, -0.2) is 19.0 Å². The molecule has 8 nitrogen and oxygen atoms in total. The third-order valence-electron chi connectivity index (χ3n) is 6.38. The SMILES string of the molecule is Cc1c(O[C@@H](C)c2ncc(F)cc2-n2cccn2)c(N2C(=O)c3ccccc3C2=O)nc2ccccc12. The summed E-state index contributed by atoms with van der Waals surface area (Å²) in [5.41, 5.74) is 2.76. The number of ether oxygens (including phenoxy) is 1. The fraction of sp³-hybridized carbons (Fsp3) is 0.107. The molecule has 1 atom stereocenters. The number of carbonyl (C=O) groups excluding carboxylic acids is 2. The number of carbonyl (C=O) groups is 2. The number of amides is 2. The lowest BCUT2D eigenvalue weighted by molar-refractivity contribution is 0.0922. The van der Waals surface area contributed by atoms with E-state index in [2.05, 4.69) is 10.1 Å². The van der Waals surface area contributed by atoms with Crippen LogP contribution in [0.1, 0.15) is 45.0 Å². The van der Waals surface area contributed by atoms with Crippen molar-refractivity contribution in [3.05, 3.63) is 107 Å². The highest BCUT2D eigenvalue weighted by Gasteiger charge is 2.40. The normalized spacial score (nSPS) is 13.8. The molecule has 1 aliphatic heterocycles. The largest absolute Gasteiger partial charge is 0.480 e. The second-order valence-electron chi connectivity index (χ2n) is 8.67. The van der Waals surface area contributed by atoms with Crippen molar-refractivity contribution in [1.82, 2.24) is 19.7 Å². The van der Waals surface area contributed by atoms with E-state index in [0.29, 0.717) is 33.6 Å². The predicted octanol–water partition coefficient (Wildman–Crippen LogP) is 5.20. The van der Waals surface area contributed by atoms with E-state index in [0.717, 1.165) is 16.5 Å². The summed E-state index contributed by atoms with van der Waals surface area (Å²) in [5.74, 6) is -1.11. The highest BCUT2D eigenvalue weighted by atomic mass is 19.1. The number of pyridine rings is 2. The first-order chi connectivity index (χ1) is 17.9. The fourth-order valence-electron chi connectivity index (χ4n) is 4.60. The number of fused-ring (bicyclic) bond motifs is 2. The van der Waals surface area contributed by atoms with Crippen molar-refractivity contribution < 1.29 is 18.7 Å². The maximum atomic E-state index is 14.1. The number of nitrogens with zero attached hydrogens (tertiary/aromatic N) is 5. The molecule has 0 saturated carbocycles. The van der Waals surface area contributed by atoms with Crippen LogP contribution in [0, 0.1) is 12.7 Å². The molecule has 0 spiro atoms. The van der Waals surface area contributed by atoms with E-state index in [4.69, 9.17) is 9.72 Å². The molecule has 0 N–H and O–H groups in total. The van der Waals surface area contributed by atoms with E-state index in [9.17, 15) is 14.0 Å². The Bertz CT molecular complexity index is 1670. The first-order valence-electron chi connectivity index (χ1n) is 11.6. The third kappa shape index (κ3) is 3.63. The first kappa shape index (κ1) is 22.5. The maximum absolute atomic E-state index is 14.1. The highest BCUT2D eigenvalue weighted by molar-refractivity contribution is 6.34. The van der Waals surface area contributed by atoms with Crippen LogP contribution in [0.5, 0.6) is 5.75 Å². The van der Waals surface area contributed by atoms with Crippen LogP contribution < -0.4 is 9.64 Å². The van der Waals surface area contributed by atoms with Crippen molar-refractivity contribution in [2.45, 2.75) is 20.0 Å². The Hall–Kier alpha value is -4.92. The van der Waals surface area contributed by atoms with Crippen molar-refractivity contribution in [3.63, 3.8) is 0 Å². The average Bonchev–Trinajstić information content (AvgIpc) is 3.53. The van der Waals surface area contributed by atoms with Crippen LogP contribution in [0.3, 0.4) is 0 Å². The molecule has 37 heavy (non-hydrogen) atoms. The summed E-state index contributed by atoms with van der Waals surface area (Å²) in [4.78, 5) is 36.7. The second-order valence-corrected chi connectivity index (χ2v) is 8.67. The molecule has 1 aliphatic rings. The van der Waals surface area contributed by atoms with Gasteiger partial charge in [-0.05, 0) is 38.1 Å². The Morgan fingerprint density at radius 1 is 0.973 bits per heavy atom. The number of hydrogen-bond acceptors (Lipinski definition) is 6. The van der Waals surface area contributed by atoms with E-state index in [-0.39, 0.29) is 11.6 Å². The third-order valence-corrected chi connectivity index (χ3v) is 6.38. The molecule has 2 amide bonds. The van der Waals surface area contributed by atoms with E-state index < -0.39 is 23.7 Å². The number of para-hydroxylation sites is 1. The van der Waals surface area contributed by atoms with Crippen LogP contribution in [0.25, 0.3) is 16.6 Å². The molecule has 0 radical (unpaired) electrons. The molecule has 0 saturated heterocycles. The van der Waals surface area contributed by atoms with Gasteiger partial charge in [0.25, 0.3) is 11.8 Å². The number of anilines is 1. The molecule has 0 unspecified atom stereocenters. The van der Waals surface area contributed by atoms with Gasteiger partial charge in [0.1, 0.15) is 17.6 Å². The van der Waals surface area contributed by atoms with Crippen LogP contribution in [0.2, 0.25) is 0 Å². The Morgan fingerprint density at radius 3 is 2.38 bits per heavy atom. The lowest BCUT2D eigenvalue weighted by Gasteiger charge is -2.24. The lowest BCUT2D eigenvalue weighted by Crippen LogP contribution is -2.31. The number of aryl methyl sites for hydroxylation is 1. The second kappa shape index (κ2) is 8.63. The minimum absolute atomic E-state index is 0.0944. The lowest BCUT2D eigenvalue weighted by atomic mass is 10.1. The van der Waals surface area contributed by atoms with Gasteiger partial charge < -0.3 is 4.74 Å². The topological polar surface area (TPSA) is 90.2 Å². The van der Waals surface area contributed by atoms with Crippen molar-refractivity contribution in [1.29, 1.82) is 0 Å². The summed E-state index contributed by atoms with van der Waals surface area (Å²) in [6.07, 6.45) is 3.66. The first-order valence-corrected chi connectivity index (χ1v) is 11.6. The van der Waals surface area contributed by atoms with Crippen LogP contribution in [0.15, 0.2) is 79.3 Å². The zero-order valence-corrected chi connectivity index (χ0v) is 19.9. The molecule has 3 aromatic heterocycles. The van der Waals surface area contributed by atoms with E-state index >= 15 is 0 Å². The predicted molar refractivity (Wildman–Crippen MR) is 134 cm³/mol. The highest BCUT2D eigenvalue weighted by Crippen LogP contribution is 2.41. The summed E-state index contributed by atoms with van der Waals surface area (Å²) in [5, 5.41) is 5.01. The summed E-state index contributed by atoms with van der Waals surface area (Å²) < 4.78 is 22.0. The van der Waals surface area contributed by atoms with Gasteiger partial charge in [-0.1, -0.05) is 30.3 Å². The number of halogens is 1. The zero-order chi connectivity index (χ0) is 25.7. The summed E-state index contributed by atoms with van der Waals surface area (Å²) in [6.45, 7) is 3.61. The summed E-state index contributed by atoms with van der Waals surface area (Å²) in [6, 6.07) is 17.1. The minimum Gasteiger partial charge on any atom is -0.480 e. The van der Waals surface area contributed by atoms with Crippen molar-refractivity contribution in [2.75, 3.05) is 4.90 Å². The summed E-state index contributed by atoms with van der Waals surface area (Å²) >= 11 is 0. The number of hydrogen-bond donors (Lipinski definition) is 0. The molecular weight excluding hydrogens is 473 g/mol. The van der Waals surface area contributed by atoms with Gasteiger partial charge >= 0.3 is 0 Å². The van der Waals surface area contributed by atoms with Crippen LogP contribution in [-0.2, 0) is 0 Å². The quantitative estimate of drug-likeness (QED) is 0.313. The fourth-order valence-corrected chi connectivity index (χ4v) is 4.60. The molecule has 182 valence electrons. The van der Waals surface area contributed by atoms with Crippen molar-refractivity contribution >= 4 is 28.5 Å². The number of rotatable bonds is 5. The minimum atomic E-state index is -0.713. The van der Waals surface area contributed by atoms with Gasteiger partial charge in [0.05, 0.1) is 28.5 Å². The molecular formula is C28H20FN5O3. The van der Waals surface area contributed by atoms with Gasteiger partial charge in [0, 0.05) is 29.4 Å². The Balaban J connectivity index is 1.50. The Morgan fingerprint density at radius 2 is 1.68 bits per heavy atom. The van der Waals surface area contributed by atoms with Crippen molar-refractivity contribution in [2.24, 2.45) is 0 Å². The van der Waals surface area contributed by atoms with Gasteiger partial charge in [0.15, 0.2) is 11.6 Å². The average molecular weight is 493 g/mol. The molecule has 0 aliphatic carbocycles. The van der Waals surface area contributed by atoms with E-state index in [1.807, 2.05) is 31.2 Å². The zero-order valence-electron chi connectivity index (χ0n) is 19.9. The number of benzene rings is 2. The maximum Gasteiger partial charge on any atom is 0.267 e. The molecule has 4 heterocycles. The summed E-state index contributed by atoms with van der Waals surface area (Å²) in [7, 11) is 0. The van der Waals surface area contributed by atoms with Gasteiger partial charge in [0.2, 0.25) is 0 Å². The van der Waals surface area contributed by atoms with Crippen LogP contribution in [-0.4, -0.2) is 31.6 Å². The monoisotopic (exact) mass is 493 g/mol. The smallest absolute Gasteiger partial charge is 0.267 e. The van der Waals surface area contributed by atoms with Crippen molar-refractivity contribution in [3.8, 4) is 11.4 Å². The van der Waals surface area contributed by atoms with Gasteiger partial charge in [-0.15, -0.1) is 0 Å². The van der Waals surface area contributed by atoms with Gasteiger partial charge in [-0.3, -0.25) is 14.6 Å². The van der Waals surface area contributed by atoms with E-state index in [1.165, 1.54) is 10.7 Å². The molecule has 2 aromatic carbocycles. The molecule has 6 rings (SSSR count). The molecule has 5 aromatic rings. The molecule has 0 fully saturated rings. The molecule has 0 bridgehead atoms. The number of imide groups is 1.